The quantitative estimate of drug-likeness (QED) is 0.495. The second-order valence-corrected chi connectivity index (χ2v) is 6.49. The standard InChI is InChI=1S/C18H14N4O2/c1-18(2)14-15(18)17(13-6-4-8-24-13)22(11(9-19)10-20)21-16(14)12-5-3-7-23-12/h3-8,14-15H,1-2H3/t14-,15+/m0/s1. The second-order valence-electron chi connectivity index (χ2n) is 6.49. The lowest BCUT2D eigenvalue weighted by molar-refractivity contribution is -0.476. The molecule has 1 aliphatic carbocycles. The third-order valence-electron chi connectivity index (χ3n) is 4.82. The van der Waals surface area contributed by atoms with Crippen LogP contribution in [-0.2, 0) is 0 Å². The van der Waals surface area contributed by atoms with Crippen LogP contribution in [-0.4, -0.2) is 22.0 Å². The lowest BCUT2D eigenvalue weighted by Gasteiger charge is -2.08. The molecular formula is C18H14N4O2. The molecule has 1 fully saturated rings. The zero-order chi connectivity index (χ0) is 16.9. The van der Waals surface area contributed by atoms with Crippen LogP contribution in [0.2, 0.25) is 0 Å². The molecule has 4 rings (SSSR count). The predicted octanol–water partition coefficient (Wildman–Crippen LogP) is 3.01. The van der Waals surface area contributed by atoms with Gasteiger partial charge in [-0.3, -0.25) is 0 Å². The summed E-state index contributed by atoms with van der Waals surface area (Å²) in [5.74, 6) is 3.46. The topological polar surface area (TPSA) is 87.7 Å². The maximum Gasteiger partial charge on any atom is 0.335 e. The summed E-state index contributed by atoms with van der Waals surface area (Å²) >= 11 is 0. The fraction of sp³-hybridized carbons (Fsp3) is 0.278. The number of hydrogen-bond acceptors (Lipinski definition) is 4. The van der Waals surface area contributed by atoms with Gasteiger partial charge in [-0.25, -0.2) is 0 Å². The van der Waals surface area contributed by atoms with E-state index in [0.29, 0.717) is 11.5 Å². The summed E-state index contributed by atoms with van der Waals surface area (Å²) in [6.45, 7) is 4.29. The molecular weight excluding hydrogens is 304 g/mol. The fourth-order valence-electron chi connectivity index (χ4n) is 3.61. The third-order valence-corrected chi connectivity index (χ3v) is 4.82. The normalized spacial score (nSPS) is 23.8. The minimum atomic E-state index is -0.0911. The van der Waals surface area contributed by atoms with Crippen molar-refractivity contribution >= 4 is 17.3 Å². The Morgan fingerprint density at radius 1 is 1.21 bits per heavy atom. The molecule has 0 unspecified atom stereocenters. The molecule has 24 heavy (non-hydrogen) atoms. The largest absolute Gasteiger partial charge is 0.757 e. The number of rotatable bonds is 3. The summed E-state index contributed by atoms with van der Waals surface area (Å²) in [6, 6.07) is 9.19. The molecule has 0 aromatic carbocycles. The highest BCUT2D eigenvalue weighted by molar-refractivity contribution is 6.12. The van der Waals surface area contributed by atoms with E-state index in [4.69, 9.17) is 8.83 Å². The minimum Gasteiger partial charge on any atom is -0.757 e. The maximum atomic E-state index is 9.35. The van der Waals surface area contributed by atoms with Gasteiger partial charge in [-0.05, 0) is 34.4 Å². The van der Waals surface area contributed by atoms with Crippen molar-refractivity contribution in [1.82, 2.24) is 0 Å². The zero-order valence-corrected chi connectivity index (χ0v) is 13.2. The van der Waals surface area contributed by atoms with Crippen LogP contribution in [0, 0.1) is 28.6 Å². The molecule has 0 radical (unpaired) electrons. The molecule has 0 amide bonds. The van der Waals surface area contributed by atoms with E-state index in [2.05, 4.69) is 18.9 Å². The van der Waals surface area contributed by atoms with Crippen molar-refractivity contribution in [1.29, 1.82) is 5.26 Å². The van der Waals surface area contributed by atoms with Crippen LogP contribution in [0.25, 0.3) is 5.41 Å². The molecule has 0 saturated heterocycles. The summed E-state index contributed by atoms with van der Waals surface area (Å²) in [7, 11) is 0. The van der Waals surface area contributed by atoms with E-state index < -0.39 is 0 Å². The molecule has 1 saturated carbocycles. The first-order chi connectivity index (χ1) is 11.6. The van der Waals surface area contributed by atoms with Gasteiger partial charge in [-0.1, -0.05) is 13.8 Å². The van der Waals surface area contributed by atoms with E-state index >= 15 is 0 Å². The first-order valence-corrected chi connectivity index (χ1v) is 7.60. The Bertz CT molecular complexity index is 949. The van der Waals surface area contributed by atoms with E-state index in [0.717, 1.165) is 11.4 Å². The average Bonchev–Trinajstić information content (AvgIpc) is 3.10. The SMILES string of the molecule is CC1(C)[C@@H]2C(c3ccco3)=N[N+](C(=C=[N-])C#N)=C(c3ccco3)[C@@H]21. The Balaban J connectivity index is 2.00. The molecule has 6 nitrogen and oxygen atoms in total. The summed E-state index contributed by atoms with van der Waals surface area (Å²) in [4.78, 5) is 0. The predicted molar refractivity (Wildman–Crippen MR) is 86.6 cm³/mol. The maximum absolute atomic E-state index is 9.35. The van der Waals surface area contributed by atoms with Crippen LogP contribution in [0.15, 0.2) is 56.4 Å². The van der Waals surface area contributed by atoms with Crippen molar-refractivity contribution in [2.75, 3.05) is 0 Å². The Morgan fingerprint density at radius 2 is 1.88 bits per heavy atom. The van der Waals surface area contributed by atoms with E-state index in [9.17, 15) is 10.7 Å². The molecule has 3 heterocycles. The van der Waals surface area contributed by atoms with E-state index in [-0.39, 0.29) is 22.9 Å². The van der Waals surface area contributed by atoms with Gasteiger partial charge in [-0.15, -0.1) is 0 Å². The number of nitrogens with zero attached hydrogens (tertiary/aromatic N) is 4. The monoisotopic (exact) mass is 318 g/mol. The molecule has 2 aromatic rings. The van der Waals surface area contributed by atoms with Crippen molar-refractivity contribution in [2.45, 2.75) is 13.8 Å². The summed E-state index contributed by atoms with van der Waals surface area (Å²) < 4.78 is 12.5. The minimum absolute atomic E-state index is 0.0709. The first-order valence-electron chi connectivity index (χ1n) is 7.60. The van der Waals surface area contributed by atoms with E-state index in [1.165, 1.54) is 4.68 Å². The van der Waals surface area contributed by atoms with Gasteiger partial charge in [-0.2, -0.15) is 11.1 Å². The first kappa shape index (κ1) is 14.4. The van der Waals surface area contributed by atoms with Crippen molar-refractivity contribution in [3.05, 3.63) is 59.4 Å². The average molecular weight is 318 g/mol. The summed E-state index contributed by atoms with van der Waals surface area (Å²) in [5, 5.41) is 23.3. The second kappa shape index (κ2) is 4.92. The number of allylic oxidation sites excluding steroid dienone is 1. The van der Waals surface area contributed by atoms with Gasteiger partial charge in [0.15, 0.2) is 23.3 Å². The van der Waals surface area contributed by atoms with Gasteiger partial charge < -0.3 is 14.2 Å². The highest BCUT2D eigenvalue weighted by Gasteiger charge is 2.69. The van der Waals surface area contributed by atoms with Gasteiger partial charge in [0.2, 0.25) is 0 Å². The van der Waals surface area contributed by atoms with Crippen LogP contribution in [0.3, 0.4) is 0 Å². The van der Waals surface area contributed by atoms with Crippen LogP contribution in [0.5, 0.6) is 0 Å². The number of hydrazone groups is 1. The van der Waals surface area contributed by atoms with Gasteiger partial charge >= 0.3 is 5.70 Å². The lowest BCUT2D eigenvalue weighted by Crippen LogP contribution is -2.27. The van der Waals surface area contributed by atoms with Crippen molar-refractivity contribution in [3.63, 3.8) is 0 Å². The van der Waals surface area contributed by atoms with Gasteiger partial charge in [0, 0.05) is 11.0 Å². The van der Waals surface area contributed by atoms with Crippen molar-refractivity contribution in [3.8, 4) is 6.07 Å². The zero-order valence-electron chi connectivity index (χ0n) is 13.2. The molecule has 2 aromatic heterocycles. The molecule has 2 aliphatic rings. The Labute approximate surface area is 138 Å². The molecule has 0 N–H and O–H groups in total. The molecule has 0 spiro atoms. The Hall–Kier alpha value is -3.16. The number of hydrogen-bond donors (Lipinski definition) is 0. The number of nitriles is 1. The molecule has 6 heteroatoms. The van der Waals surface area contributed by atoms with Crippen molar-refractivity contribution < 1.29 is 13.5 Å². The van der Waals surface area contributed by atoms with Crippen LogP contribution < -0.4 is 0 Å². The van der Waals surface area contributed by atoms with Crippen LogP contribution in [0.4, 0.5) is 0 Å². The summed E-state index contributed by atoms with van der Waals surface area (Å²) in [6.07, 6.45) is 3.17. The summed E-state index contributed by atoms with van der Waals surface area (Å²) in [5.41, 5.74) is 1.35. The number of furan rings is 2. The van der Waals surface area contributed by atoms with Gasteiger partial charge in [0.1, 0.15) is 0 Å². The molecule has 1 aliphatic heterocycles. The molecule has 2 atom stereocenters. The van der Waals surface area contributed by atoms with E-state index in [1.807, 2.05) is 24.1 Å². The third kappa shape index (κ3) is 1.86. The van der Waals surface area contributed by atoms with Crippen molar-refractivity contribution in [2.24, 2.45) is 22.4 Å². The molecule has 118 valence electrons. The highest BCUT2D eigenvalue weighted by Crippen LogP contribution is 2.62. The lowest BCUT2D eigenvalue weighted by atomic mass is 10.0. The van der Waals surface area contributed by atoms with Crippen LogP contribution >= 0.6 is 0 Å². The number of fused-ring (bicyclic) bond motifs is 1. The highest BCUT2D eigenvalue weighted by atomic mass is 16.3. The smallest absolute Gasteiger partial charge is 0.335 e. The van der Waals surface area contributed by atoms with E-state index in [1.54, 1.807) is 24.7 Å². The Kier molecular flexibility index (Phi) is 2.96. The molecule has 0 bridgehead atoms. The Morgan fingerprint density at radius 3 is 2.42 bits per heavy atom. The fourth-order valence-corrected chi connectivity index (χ4v) is 3.61. The van der Waals surface area contributed by atoms with Crippen LogP contribution in [0.1, 0.15) is 25.4 Å². The van der Waals surface area contributed by atoms with Gasteiger partial charge in [0.25, 0.3) is 5.71 Å². The van der Waals surface area contributed by atoms with Gasteiger partial charge in [0.05, 0.1) is 18.4 Å².